The number of likely N-dealkylation sites (N-methyl/N-ethyl adjacent to an activating group) is 1. The monoisotopic (exact) mass is 454 g/mol. The topological polar surface area (TPSA) is 76.2 Å². The van der Waals surface area contributed by atoms with Crippen LogP contribution < -0.4 is 0 Å². The molecule has 2 saturated heterocycles. The zero-order valence-corrected chi connectivity index (χ0v) is 18.8. The van der Waals surface area contributed by atoms with Crippen LogP contribution in [0.15, 0.2) is 60.7 Å². The third-order valence-corrected chi connectivity index (χ3v) is 7.11. The first kappa shape index (κ1) is 22.4. The van der Waals surface area contributed by atoms with E-state index in [0.29, 0.717) is 25.3 Å². The SMILES string of the molecule is CN1C(=O)SC(OCC2CCN(C(=O)OCc3ccccc3)CC2)(c2ccccc2)C1=O. The number of nitrogens with zero attached hydrogens (tertiary/aromatic N) is 2. The van der Waals surface area contributed by atoms with Crippen molar-refractivity contribution in [1.82, 2.24) is 9.80 Å². The summed E-state index contributed by atoms with van der Waals surface area (Å²) in [6.07, 6.45) is 1.17. The number of benzene rings is 2. The van der Waals surface area contributed by atoms with Crippen LogP contribution in [0.5, 0.6) is 0 Å². The summed E-state index contributed by atoms with van der Waals surface area (Å²) in [5.74, 6) is -0.177. The Labute approximate surface area is 191 Å². The second-order valence-corrected chi connectivity index (χ2v) is 9.12. The van der Waals surface area contributed by atoms with Crippen molar-refractivity contribution in [2.75, 3.05) is 26.7 Å². The molecule has 2 heterocycles. The van der Waals surface area contributed by atoms with Crippen molar-refractivity contribution in [3.8, 4) is 0 Å². The normalized spacial score (nSPS) is 21.8. The number of ether oxygens (including phenoxy) is 2. The molecule has 0 N–H and O–H groups in total. The molecule has 0 saturated carbocycles. The largest absolute Gasteiger partial charge is 0.445 e. The highest BCUT2D eigenvalue weighted by Gasteiger charge is 2.54. The number of amides is 3. The van der Waals surface area contributed by atoms with E-state index in [1.807, 2.05) is 60.7 Å². The van der Waals surface area contributed by atoms with E-state index in [9.17, 15) is 14.4 Å². The number of thioether (sulfide) groups is 1. The van der Waals surface area contributed by atoms with E-state index in [4.69, 9.17) is 9.47 Å². The minimum absolute atomic E-state index is 0.183. The summed E-state index contributed by atoms with van der Waals surface area (Å²) >= 11 is 0.912. The quantitative estimate of drug-likeness (QED) is 0.650. The fourth-order valence-electron chi connectivity index (χ4n) is 3.88. The average Bonchev–Trinajstić information content (AvgIpc) is 3.07. The zero-order valence-electron chi connectivity index (χ0n) is 17.9. The number of piperidine rings is 1. The molecule has 0 spiro atoms. The van der Waals surface area contributed by atoms with Crippen LogP contribution in [0.2, 0.25) is 0 Å². The first-order chi connectivity index (χ1) is 15.5. The maximum atomic E-state index is 12.9. The minimum Gasteiger partial charge on any atom is -0.445 e. The van der Waals surface area contributed by atoms with Crippen LogP contribution in [-0.4, -0.2) is 53.8 Å². The van der Waals surface area contributed by atoms with Crippen molar-refractivity contribution in [2.24, 2.45) is 5.92 Å². The Balaban J connectivity index is 1.32. The van der Waals surface area contributed by atoms with Crippen molar-refractivity contribution in [3.63, 3.8) is 0 Å². The summed E-state index contributed by atoms with van der Waals surface area (Å²) < 4.78 is 11.6. The van der Waals surface area contributed by atoms with Gasteiger partial charge in [0.1, 0.15) is 6.61 Å². The van der Waals surface area contributed by atoms with Gasteiger partial charge in [0.05, 0.1) is 6.61 Å². The Kier molecular flexibility index (Phi) is 6.81. The smallest absolute Gasteiger partial charge is 0.410 e. The highest BCUT2D eigenvalue weighted by atomic mass is 32.2. The predicted octanol–water partition coefficient (Wildman–Crippen LogP) is 4.23. The van der Waals surface area contributed by atoms with E-state index in [1.54, 1.807) is 4.90 Å². The number of hydrogen-bond donors (Lipinski definition) is 0. The van der Waals surface area contributed by atoms with Crippen molar-refractivity contribution in [2.45, 2.75) is 24.4 Å². The number of carbonyl (C=O) groups excluding carboxylic acids is 3. The Bertz CT molecular complexity index is 963. The highest BCUT2D eigenvalue weighted by molar-refractivity contribution is 8.15. The van der Waals surface area contributed by atoms with Gasteiger partial charge in [0.2, 0.25) is 4.93 Å². The zero-order chi connectivity index (χ0) is 22.6. The molecule has 4 rings (SSSR count). The van der Waals surface area contributed by atoms with Gasteiger partial charge in [0, 0.05) is 25.7 Å². The van der Waals surface area contributed by atoms with Crippen molar-refractivity contribution >= 4 is 29.0 Å². The van der Waals surface area contributed by atoms with Gasteiger partial charge in [-0.1, -0.05) is 60.7 Å². The Morgan fingerprint density at radius 1 is 1.03 bits per heavy atom. The molecule has 2 fully saturated rings. The molecule has 0 aliphatic carbocycles. The van der Waals surface area contributed by atoms with E-state index in [-0.39, 0.29) is 29.8 Å². The first-order valence-corrected chi connectivity index (χ1v) is 11.5. The van der Waals surface area contributed by atoms with Crippen molar-refractivity contribution < 1.29 is 23.9 Å². The van der Waals surface area contributed by atoms with Crippen LogP contribution in [0, 0.1) is 5.92 Å². The maximum absolute atomic E-state index is 12.9. The molecule has 2 aliphatic rings. The number of rotatable bonds is 6. The van der Waals surface area contributed by atoms with Crippen LogP contribution in [0.1, 0.15) is 24.0 Å². The number of carbonyl (C=O) groups is 3. The number of imide groups is 1. The van der Waals surface area contributed by atoms with Crippen LogP contribution in [0.3, 0.4) is 0 Å². The Morgan fingerprint density at radius 2 is 1.66 bits per heavy atom. The maximum Gasteiger partial charge on any atom is 0.410 e. The van der Waals surface area contributed by atoms with Gasteiger partial charge in [0.25, 0.3) is 11.1 Å². The number of likely N-dealkylation sites (tertiary alicyclic amines) is 1. The predicted molar refractivity (Wildman–Crippen MR) is 121 cm³/mol. The third-order valence-electron chi connectivity index (χ3n) is 5.85. The molecule has 2 aliphatic heterocycles. The molecule has 168 valence electrons. The summed E-state index contributed by atoms with van der Waals surface area (Å²) in [7, 11) is 1.48. The van der Waals surface area contributed by atoms with Gasteiger partial charge >= 0.3 is 6.09 Å². The van der Waals surface area contributed by atoms with Gasteiger partial charge in [-0.05, 0) is 36.1 Å². The molecule has 8 heteroatoms. The lowest BCUT2D eigenvalue weighted by Gasteiger charge is -2.33. The molecule has 0 aromatic heterocycles. The van der Waals surface area contributed by atoms with Crippen molar-refractivity contribution in [1.29, 1.82) is 0 Å². The van der Waals surface area contributed by atoms with E-state index < -0.39 is 4.93 Å². The molecule has 1 atom stereocenters. The van der Waals surface area contributed by atoms with Crippen LogP contribution in [0.4, 0.5) is 9.59 Å². The fraction of sp³-hybridized carbons (Fsp3) is 0.375. The molecule has 0 radical (unpaired) electrons. The lowest BCUT2D eigenvalue weighted by atomic mass is 9.98. The standard InChI is InChI=1S/C24H26N2O5S/c1-25-21(27)24(32-23(25)29,20-10-6-3-7-11-20)31-17-19-12-14-26(15-13-19)22(28)30-16-18-8-4-2-5-9-18/h2-11,19H,12-17H2,1H3. The van der Waals surface area contributed by atoms with E-state index in [0.717, 1.165) is 35.1 Å². The Hall–Kier alpha value is -2.84. The van der Waals surface area contributed by atoms with Crippen molar-refractivity contribution in [3.05, 3.63) is 71.8 Å². The average molecular weight is 455 g/mol. The highest BCUT2D eigenvalue weighted by Crippen LogP contribution is 2.46. The molecule has 32 heavy (non-hydrogen) atoms. The minimum atomic E-state index is -1.35. The molecular weight excluding hydrogens is 428 g/mol. The van der Waals surface area contributed by atoms with E-state index in [1.165, 1.54) is 7.05 Å². The van der Waals surface area contributed by atoms with E-state index in [2.05, 4.69) is 0 Å². The van der Waals surface area contributed by atoms with Crippen LogP contribution in [0.25, 0.3) is 0 Å². The lowest BCUT2D eigenvalue weighted by molar-refractivity contribution is -0.143. The molecule has 1 unspecified atom stereocenters. The molecule has 2 aromatic rings. The lowest BCUT2D eigenvalue weighted by Crippen LogP contribution is -2.42. The first-order valence-electron chi connectivity index (χ1n) is 10.7. The molecule has 2 aromatic carbocycles. The van der Waals surface area contributed by atoms with E-state index >= 15 is 0 Å². The van der Waals surface area contributed by atoms with Gasteiger partial charge in [-0.2, -0.15) is 0 Å². The third kappa shape index (κ3) is 4.66. The molecule has 0 bridgehead atoms. The van der Waals surface area contributed by atoms with Gasteiger partial charge < -0.3 is 14.4 Å². The summed E-state index contributed by atoms with van der Waals surface area (Å²) in [4.78, 5) is 39.0. The number of hydrogen-bond acceptors (Lipinski definition) is 6. The summed E-state index contributed by atoms with van der Waals surface area (Å²) in [6, 6.07) is 18.7. The van der Waals surface area contributed by atoms with Gasteiger partial charge in [-0.15, -0.1) is 0 Å². The Morgan fingerprint density at radius 3 is 2.25 bits per heavy atom. The molecule has 7 nitrogen and oxygen atoms in total. The second kappa shape index (κ2) is 9.75. The van der Waals surface area contributed by atoms with Crippen LogP contribution in [-0.2, 0) is 25.8 Å². The van der Waals surface area contributed by atoms with Gasteiger partial charge in [0.15, 0.2) is 0 Å². The summed E-state index contributed by atoms with van der Waals surface area (Å²) in [5.41, 5.74) is 1.61. The van der Waals surface area contributed by atoms with Crippen LogP contribution >= 0.6 is 11.8 Å². The summed E-state index contributed by atoms with van der Waals surface area (Å²) in [5, 5.41) is -0.324. The van der Waals surface area contributed by atoms with Gasteiger partial charge in [-0.25, -0.2) is 4.79 Å². The fourth-order valence-corrected chi connectivity index (χ4v) is 4.95. The molecule has 3 amide bonds. The molecular formula is C24H26N2O5S. The summed E-state index contributed by atoms with van der Waals surface area (Å²) in [6.45, 7) is 1.73. The van der Waals surface area contributed by atoms with Gasteiger partial charge in [-0.3, -0.25) is 14.5 Å². The second-order valence-electron chi connectivity index (χ2n) is 8.00.